The summed E-state index contributed by atoms with van der Waals surface area (Å²) < 4.78 is 22.4. The van der Waals surface area contributed by atoms with E-state index in [1.165, 1.54) is 23.3 Å². The second-order valence-electron chi connectivity index (χ2n) is 5.82. The highest BCUT2D eigenvalue weighted by Gasteiger charge is 2.07. The van der Waals surface area contributed by atoms with Gasteiger partial charge in [0, 0.05) is 13.1 Å². The van der Waals surface area contributed by atoms with Crippen molar-refractivity contribution < 1.29 is 13.2 Å². The van der Waals surface area contributed by atoms with Crippen molar-refractivity contribution in [3.63, 3.8) is 0 Å². The molecule has 0 saturated heterocycles. The van der Waals surface area contributed by atoms with Gasteiger partial charge in [-0.25, -0.2) is 13.6 Å². The number of rotatable bonds is 8. The summed E-state index contributed by atoms with van der Waals surface area (Å²) >= 11 is 0. The van der Waals surface area contributed by atoms with E-state index in [9.17, 15) is 13.2 Å². The SMILES string of the molecule is Cc1ccccc1CNCC(=O)NCCc1ccc(S(N)(=O)=O)cc1. The third-order valence-electron chi connectivity index (χ3n) is 3.85. The molecule has 134 valence electrons. The van der Waals surface area contributed by atoms with E-state index in [2.05, 4.69) is 10.6 Å². The number of amides is 1. The first-order valence-electron chi connectivity index (χ1n) is 8.00. The van der Waals surface area contributed by atoms with E-state index in [-0.39, 0.29) is 17.3 Å². The molecule has 0 bridgehead atoms. The summed E-state index contributed by atoms with van der Waals surface area (Å²) in [6.07, 6.45) is 0.619. The lowest BCUT2D eigenvalue weighted by atomic mass is 10.1. The number of primary sulfonamides is 1. The monoisotopic (exact) mass is 361 g/mol. The average molecular weight is 361 g/mol. The Hall–Kier alpha value is -2.22. The summed E-state index contributed by atoms with van der Waals surface area (Å²) in [5.41, 5.74) is 3.30. The third kappa shape index (κ3) is 6.30. The van der Waals surface area contributed by atoms with E-state index < -0.39 is 10.0 Å². The summed E-state index contributed by atoms with van der Waals surface area (Å²) in [6.45, 7) is 3.42. The van der Waals surface area contributed by atoms with Crippen molar-refractivity contribution >= 4 is 15.9 Å². The fourth-order valence-corrected chi connectivity index (χ4v) is 2.89. The average Bonchev–Trinajstić information content (AvgIpc) is 2.56. The van der Waals surface area contributed by atoms with Crippen LogP contribution in [0.4, 0.5) is 0 Å². The molecule has 0 fully saturated rings. The Morgan fingerprint density at radius 2 is 1.76 bits per heavy atom. The molecule has 0 aliphatic carbocycles. The van der Waals surface area contributed by atoms with Crippen molar-refractivity contribution in [2.45, 2.75) is 24.8 Å². The van der Waals surface area contributed by atoms with Gasteiger partial charge in [0.2, 0.25) is 15.9 Å². The maximum absolute atomic E-state index is 11.8. The van der Waals surface area contributed by atoms with Gasteiger partial charge in [0.05, 0.1) is 11.4 Å². The quantitative estimate of drug-likeness (QED) is 0.655. The second kappa shape index (κ2) is 8.75. The first-order valence-corrected chi connectivity index (χ1v) is 9.54. The number of carbonyl (C=O) groups excluding carboxylic acids is 1. The highest BCUT2D eigenvalue weighted by Crippen LogP contribution is 2.09. The minimum absolute atomic E-state index is 0.0743. The van der Waals surface area contributed by atoms with Crippen LogP contribution < -0.4 is 15.8 Å². The van der Waals surface area contributed by atoms with Gasteiger partial charge in [-0.15, -0.1) is 0 Å². The molecule has 0 saturated carbocycles. The molecule has 0 aliphatic rings. The van der Waals surface area contributed by atoms with Gasteiger partial charge >= 0.3 is 0 Å². The van der Waals surface area contributed by atoms with Gasteiger partial charge in [0.15, 0.2) is 0 Å². The maximum Gasteiger partial charge on any atom is 0.238 e. The summed E-state index contributed by atoms with van der Waals surface area (Å²) in [4.78, 5) is 11.9. The molecule has 6 nitrogen and oxygen atoms in total. The molecule has 0 atom stereocenters. The molecule has 0 unspecified atom stereocenters. The smallest absolute Gasteiger partial charge is 0.238 e. The van der Waals surface area contributed by atoms with E-state index in [0.29, 0.717) is 19.5 Å². The Kier molecular flexibility index (Phi) is 6.69. The number of carbonyl (C=O) groups is 1. The minimum Gasteiger partial charge on any atom is -0.355 e. The lowest BCUT2D eigenvalue weighted by Crippen LogP contribution is -2.34. The third-order valence-corrected chi connectivity index (χ3v) is 4.78. The molecule has 1 amide bonds. The molecule has 2 aromatic carbocycles. The lowest BCUT2D eigenvalue weighted by molar-refractivity contribution is -0.120. The van der Waals surface area contributed by atoms with Crippen LogP contribution in [-0.4, -0.2) is 27.4 Å². The van der Waals surface area contributed by atoms with Gasteiger partial charge in [0.1, 0.15) is 0 Å². The molecule has 2 rings (SSSR count). The molecule has 0 heterocycles. The van der Waals surface area contributed by atoms with Crippen molar-refractivity contribution in [2.75, 3.05) is 13.1 Å². The predicted molar refractivity (Wildman–Crippen MR) is 97.4 cm³/mol. The highest BCUT2D eigenvalue weighted by atomic mass is 32.2. The van der Waals surface area contributed by atoms with Crippen molar-refractivity contribution in [3.05, 3.63) is 65.2 Å². The largest absolute Gasteiger partial charge is 0.355 e. The molecular formula is C18H23N3O3S. The van der Waals surface area contributed by atoms with E-state index in [0.717, 1.165) is 5.56 Å². The molecule has 7 heteroatoms. The van der Waals surface area contributed by atoms with Crippen molar-refractivity contribution in [3.8, 4) is 0 Å². The number of nitrogens with two attached hydrogens (primary N) is 1. The Labute approximate surface area is 148 Å². The summed E-state index contributed by atoms with van der Waals surface area (Å²) in [7, 11) is -3.67. The molecule has 0 aromatic heterocycles. The van der Waals surface area contributed by atoms with Gasteiger partial charge in [-0.2, -0.15) is 0 Å². The number of benzene rings is 2. The second-order valence-corrected chi connectivity index (χ2v) is 7.38. The summed E-state index contributed by atoms with van der Waals surface area (Å²) in [6, 6.07) is 14.4. The van der Waals surface area contributed by atoms with Crippen LogP contribution in [0.5, 0.6) is 0 Å². The van der Waals surface area contributed by atoms with E-state index in [4.69, 9.17) is 5.14 Å². The number of aryl methyl sites for hydroxylation is 1. The first kappa shape index (κ1) is 19.1. The molecule has 0 radical (unpaired) electrons. The van der Waals surface area contributed by atoms with Crippen LogP contribution in [0.25, 0.3) is 0 Å². The lowest BCUT2D eigenvalue weighted by Gasteiger charge is -2.09. The zero-order valence-electron chi connectivity index (χ0n) is 14.2. The Balaban J connectivity index is 1.69. The molecule has 4 N–H and O–H groups in total. The van der Waals surface area contributed by atoms with Gasteiger partial charge < -0.3 is 10.6 Å². The minimum atomic E-state index is -3.67. The normalized spacial score (nSPS) is 11.3. The number of hydrogen-bond donors (Lipinski definition) is 3. The zero-order valence-corrected chi connectivity index (χ0v) is 15.0. The Morgan fingerprint density at radius 1 is 1.08 bits per heavy atom. The van der Waals surface area contributed by atoms with Gasteiger partial charge in [-0.1, -0.05) is 36.4 Å². The van der Waals surface area contributed by atoms with Crippen molar-refractivity contribution in [1.29, 1.82) is 0 Å². The van der Waals surface area contributed by atoms with Crippen LogP contribution in [0.2, 0.25) is 0 Å². The van der Waals surface area contributed by atoms with Gasteiger partial charge in [0.25, 0.3) is 0 Å². The Morgan fingerprint density at radius 3 is 2.40 bits per heavy atom. The van der Waals surface area contributed by atoms with E-state index >= 15 is 0 Å². The first-order chi connectivity index (χ1) is 11.9. The molecule has 0 aliphatic heterocycles. The molecule has 0 spiro atoms. The fraction of sp³-hybridized carbons (Fsp3) is 0.278. The topological polar surface area (TPSA) is 101 Å². The van der Waals surface area contributed by atoms with Crippen LogP contribution in [-0.2, 0) is 27.8 Å². The fourth-order valence-electron chi connectivity index (χ4n) is 2.37. The van der Waals surface area contributed by atoms with Crippen molar-refractivity contribution in [1.82, 2.24) is 10.6 Å². The number of hydrogen-bond acceptors (Lipinski definition) is 4. The predicted octanol–water partition coefficient (Wildman–Crippen LogP) is 1.09. The maximum atomic E-state index is 11.8. The van der Waals surface area contributed by atoms with Gasteiger partial charge in [-0.3, -0.25) is 4.79 Å². The van der Waals surface area contributed by atoms with Gasteiger partial charge in [-0.05, 0) is 42.2 Å². The molecule has 25 heavy (non-hydrogen) atoms. The standard InChI is InChI=1S/C18H23N3O3S/c1-14-4-2-3-5-16(14)12-20-13-18(22)21-11-10-15-6-8-17(9-7-15)25(19,23)24/h2-9,20H,10-13H2,1H3,(H,21,22)(H2,19,23,24). The highest BCUT2D eigenvalue weighted by molar-refractivity contribution is 7.89. The van der Waals surface area contributed by atoms with Crippen molar-refractivity contribution in [2.24, 2.45) is 5.14 Å². The molecule has 2 aromatic rings. The van der Waals surface area contributed by atoms with Crippen LogP contribution in [0, 0.1) is 6.92 Å². The summed E-state index contributed by atoms with van der Waals surface area (Å²) in [5.74, 6) is -0.0743. The number of nitrogens with one attached hydrogen (secondary N) is 2. The zero-order chi connectivity index (χ0) is 18.3. The van der Waals surface area contributed by atoms with E-state index in [1.807, 2.05) is 31.2 Å². The van der Waals surface area contributed by atoms with Crippen LogP contribution in [0.15, 0.2) is 53.4 Å². The Bertz CT molecular complexity index is 818. The van der Waals surface area contributed by atoms with E-state index in [1.54, 1.807) is 12.1 Å². The van der Waals surface area contributed by atoms with Crippen LogP contribution in [0.1, 0.15) is 16.7 Å². The number of sulfonamides is 1. The van der Waals surface area contributed by atoms with Crippen LogP contribution >= 0.6 is 0 Å². The molecular weight excluding hydrogens is 338 g/mol. The summed E-state index contributed by atoms with van der Waals surface area (Å²) in [5, 5.41) is 11.0. The van der Waals surface area contributed by atoms with Crippen LogP contribution in [0.3, 0.4) is 0 Å².